The van der Waals surface area contributed by atoms with Crippen LogP contribution in [0.15, 0.2) is 42.5 Å². The van der Waals surface area contributed by atoms with Gasteiger partial charge in [-0.1, -0.05) is 29.8 Å². The van der Waals surface area contributed by atoms with Gasteiger partial charge in [0.15, 0.2) is 0 Å². The number of hydrogen-bond donors (Lipinski definition) is 1. The Hall–Kier alpha value is -2.76. The highest BCUT2D eigenvalue weighted by molar-refractivity contribution is 5.98. The van der Waals surface area contributed by atoms with Crippen LogP contribution in [0.25, 0.3) is 10.9 Å². The Kier molecular flexibility index (Phi) is 3.98. The van der Waals surface area contributed by atoms with E-state index in [1.807, 2.05) is 25.1 Å². The topological polar surface area (TPSA) is 49.0 Å². The SMILES string of the molecule is Cc1cccc(Cc2[nH]nc3ccc(C(=O)N4CCC(F)(F)C4)cc23)c1. The van der Waals surface area contributed by atoms with Gasteiger partial charge in [-0.3, -0.25) is 9.89 Å². The van der Waals surface area contributed by atoms with Crippen LogP contribution in [0.5, 0.6) is 0 Å². The van der Waals surface area contributed by atoms with Crippen LogP contribution < -0.4 is 0 Å². The van der Waals surface area contributed by atoms with Crippen molar-refractivity contribution in [2.24, 2.45) is 0 Å². The van der Waals surface area contributed by atoms with E-state index in [2.05, 4.69) is 16.3 Å². The largest absolute Gasteiger partial charge is 0.332 e. The van der Waals surface area contributed by atoms with Gasteiger partial charge < -0.3 is 4.90 Å². The summed E-state index contributed by atoms with van der Waals surface area (Å²) in [4.78, 5) is 13.8. The number of nitrogens with zero attached hydrogens (tertiary/aromatic N) is 2. The smallest absolute Gasteiger partial charge is 0.267 e. The molecule has 26 heavy (non-hydrogen) atoms. The lowest BCUT2D eigenvalue weighted by Gasteiger charge is -2.16. The van der Waals surface area contributed by atoms with Crippen LogP contribution in [0.4, 0.5) is 8.78 Å². The maximum Gasteiger partial charge on any atom is 0.267 e. The molecule has 3 aromatic rings. The second-order valence-corrected chi connectivity index (χ2v) is 6.93. The highest BCUT2D eigenvalue weighted by atomic mass is 19.3. The molecule has 0 bridgehead atoms. The molecule has 6 heteroatoms. The summed E-state index contributed by atoms with van der Waals surface area (Å²) in [5.41, 5.74) is 4.41. The van der Waals surface area contributed by atoms with Crippen molar-refractivity contribution in [1.82, 2.24) is 15.1 Å². The van der Waals surface area contributed by atoms with Crippen molar-refractivity contribution in [3.05, 3.63) is 64.8 Å². The highest BCUT2D eigenvalue weighted by Gasteiger charge is 2.40. The normalized spacial score (nSPS) is 16.3. The van der Waals surface area contributed by atoms with Crippen molar-refractivity contribution >= 4 is 16.8 Å². The van der Waals surface area contributed by atoms with Crippen molar-refractivity contribution in [2.45, 2.75) is 25.7 Å². The van der Waals surface area contributed by atoms with E-state index >= 15 is 0 Å². The number of aromatic nitrogens is 2. The van der Waals surface area contributed by atoms with Crippen molar-refractivity contribution in [2.75, 3.05) is 13.1 Å². The Morgan fingerprint density at radius 1 is 1.27 bits per heavy atom. The predicted molar refractivity (Wildman–Crippen MR) is 95.5 cm³/mol. The van der Waals surface area contributed by atoms with Crippen molar-refractivity contribution < 1.29 is 13.6 Å². The molecule has 1 aliphatic rings. The molecule has 0 saturated carbocycles. The number of fused-ring (bicyclic) bond motifs is 1. The summed E-state index contributed by atoms with van der Waals surface area (Å²) in [7, 11) is 0. The van der Waals surface area contributed by atoms with E-state index in [4.69, 9.17) is 0 Å². The van der Waals surface area contributed by atoms with Gasteiger partial charge in [-0.05, 0) is 30.7 Å². The molecule has 1 saturated heterocycles. The van der Waals surface area contributed by atoms with Gasteiger partial charge in [0.2, 0.25) is 0 Å². The van der Waals surface area contributed by atoms with E-state index in [9.17, 15) is 13.6 Å². The number of likely N-dealkylation sites (tertiary alicyclic amines) is 1. The lowest BCUT2D eigenvalue weighted by Crippen LogP contribution is -2.31. The molecule has 0 atom stereocenters. The van der Waals surface area contributed by atoms with Crippen molar-refractivity contribution in [1.29, 1.82) is 0 Å². The van der Waals surface area contributed by atoms with E-state index in [1.165, 1.54) is 10.5 Å². The molecule has 134 valence electrons. The number of nitrogens with one attached hydrogen (secondary N) is 1. The van der Waals surface area contributed by atoms with Crippen LogP contribution in [0.1, 0.15) is 33.6 Å². The Bertz CT molecular complexity index is 980. The molecule has 1 N–H and O–H groups in total. The summed E-state index contributed by atoms with van der Waals surface area (Å²) in [6, 6.07) is 13.4. The first-order chi connectivity index (χ1) is 12.4. The van der Waals surface area contributed by atoms with Gasteiger partial charge in [-0.15, -0.1) is 0 Å². The van der Waals surface area contributed by atoms with E-state index in [-0.39, 0.29) is 18.9 Å². The Morgan fingerprint density at radius 3 is 2.85 bits per heavy atom. The van der Waals surface area contributed by atoms with Gasteiger partial charge in [-0.25, -0.2) is 8.78 Å². The maximum absolute atomic E-state index is 13.4. The summed E-state index contributed by atoms with van der Waals surface area (Å²) in [5, 5.41) is 8.17. The van der Waals surface area contributed by atoms with E-state index in [0.29, 0.717) is 12.0 Å². The predicted octanol–water partition coefficient (Wildman–Crippen LogP) is 3.94. The van der Waals surface area contributed by atoms with Gasteiger partial charge in [0.05, 0.1) is 12.1 Å². The number of hydrogen-bond acceptors (Lipinski definition) is 2. The first-order valence-electron chi connectivity index (χ1n) is 8.61. The number of H-pyrrole nitrogens is 1. The van der Waals surface area contributed by atoms with E-state index < -0.39 is 12.5 Å². The quantitative estimate of drug-likeness (QED) is 0.774. The number of carbonyl (C=O) groups is 1. The lowest BCUT2D eigenvalue weighted by atomic mass is 10.0. The second kappa shape index (κ2) is 6.20. The molecule has 1 aromatic heterocycles. The van der Waals surface area contributed by atoms with Crippen LogP contribution in [-0.2, 0) is 6.42 Å². The van der Waals surface area contributed by atoms with E-state index in [0.717, 1.165) is 22.2 Å². The van der Waals surface area contributed by atoms with Crippen LogP contribution in [0.3, 0.4) is 0 Å². The third-order valence-corrected chi connectivity index (χ3v) is 4.80. The number of carbonyl (C=O) groups excluding carboxylic acids is 1. The number of halogens is 2. The maximum atomic E-state index is 13.4. The summed E-state index contributed by atoms with van der Waals surface area (Å²) in [6.45, 7) is 1.62. The molecule has 1 fully saturated rings. The van der Waals surface area contributed by atoms with Crippen LogP contribution in [0.2, 0.25) is 0 Å². The molecule has 2 heterocycles. The third-order valence-electron chi connectivity index (χ3n) is 4.80. The molecule has 0 spiro atoms. The molecular weight excluding hydrogens is 336 g/mol. The van der Waals surface area contributed by atoms with Gasteiger partial charge in [-0.2, -0.15) is 5.10 Å². The Balaban J connectivity index is 1.63. The van der Waals surface area contributed by atoms with Gasteiger partial charge in [0, 0.05) is 36.0 Å². The Labute approximate surface area is 149 Å². The average molecular weight is 355 g/mol. The number of alkyl halides is 2. The van der Waals surface area contributed by atoms with Crippen molar-refractivity contribution in [3.63, 3.8) is 0 Å². The standard InChI is InChI=1S/C20H19F2N3O/c1-13-3-2-4-14(9-13)10-18-16-11-15(5-6-17(16)23-24-18)19(26)25-8-7-20(21,22)12-25/h2-6,9,11H,7-8,10,12H2,1H3,(H,23,24). The molecule has 0 unspecified atom stereocenters. The molecule has 0 radical (unpaired) electrons. The lowest BCUT2D eigenvalue weighted by molar-refractivity contribution is 0.0120. The third kappa shape index (κ3) is 3.19. The van der Waals surface area contributed by atoms with Crippen LogP contribution in [-0.4, -0.2) is 40.0 Å². The molecule has 0 aliphatic carbocycles. The molecule has 1 aliphatic heterocycles. The highest BCUT2D eigenvalue weighted by Crippen LogP contribution is 2.29. The number of benzene rings is 2. The average Bonchev–Trinajstić information content (AvgIpc) is 3.17. The first-order valence-corrected chi connectivity index (χ1v) is 8.61. The van der Waals surface area contributed by atoms with Gasteiger partial charge in [0.1, 0.15) is 0 Å². The van der Waals surface area contributed by atoms with Crippen molar-refractivity contribution in [3.8, 4) is 0 Å². The summed E-state index contributed by atoms with van der Waals surface area (Å²) in [6.07, 6.45) is 0.392. The zero-order valence-corrected chi connectivity index (χ0v) is 14.4. The van der Waals surface area contributed by atoms with Gasteiger partial charge >= 0.3 is 0 Å². The number of aromatic amines is 1. The number of amides is 1. The molecule has 1 amide bonds. The fourth-order valence-corrected chi connectivity index (χ4v) is 3.45. The minimum Gasteiger partial charge on any atom is -0.332 e. The minimum atomic E-state index is -2.79. The molecular formula is C20H19F2N3O. The molecule has 4 rings (SSSR count). The summed E-state index contributed by atoms with van der Waals surface area (Å²) < 4.78 is 26.8. The zero-order chi connectivity index (χ0) is 18.3. The fourth-order valence-electron chi connectivity index (χ4n) is 3.45. The Morgan fingerprint density at radius 2 is 2.12 bits per heavy atom. The van der Waals surface area contributed by atoms with Gasteiger partial charge in [0.25, 0.3) is 11.8 Å². The van der Waals surface area contributed by atoms with Crippen LogP contribution in [0, 0.1) is 6.92 Å². The monoisotopic (exact) mass is 355 g/mol. The zero-order valence-electron chi connectivity index (χ0n) is 14.4. The summed E-state index contributed by atoms with van der Waals surface area (Å²) in [5.74, 6) is -3.14. The number of aryl methyl sites for hydroxylation is 1. The summed E-state index contributed by atoms with van der Waals surface area (Å²) >= 11 is 0. The second-order valence-electron chi connectivity index (χ2n) is 6.93. The fraction of sp³-hybridized carbons (Fsp3) is 0.300. The van der Waals surface area contributed by atoms with Crippen LogP contribution >= 0.6 is 0 Å². The first kappa shape index (κ1) is 16.7. The van der Waals surface area contributed by atoms with E-state index in [1.54, 1.807) is 18.2 Å². The molecule has 4 nitrogen and oxygen atoms in total. The number of rotatable bonds is 3. The minimum absolute atomic E-state index is 0.0887. The molecule has 2 aromatic carbocycles.